The van der Waals surface area contributed by atoms with Crippen LogP contribution in [-0.2, 0) is 23.7 Å². The molecule has 0 atom stereocenters. The molecule has 52 heavy (non-hydrogen) atoms. The molecule has 0 saturated heterocycles. The molecule has 2 aliphatic carbocycles. The molecule has 248 valence electrons. The van der Waals surface area contributed by atoms with Gasteiger partial charge in [0.25, 0.3) is 0 Å². The Bertz CT molecular complexity index is 2370. The Kier molecular flexibility index (Phi) is 6.78. The molecule has 0 amide bonds. The van der Waals surface area contributed by atoms with E-state index in [9.17, 15) is 10.2 Å². The number of hydrogen-bond donors (Lipinski definition) is 2. The van der Waals surface area contributed by atoms with Crippen molar-refractivity contribution in [1.82, 2.24) is 0 Å². The topological polar surface area (TPSA) is 40.5 Å². The Labute approximate surface area is 303 Å². The first-order valence-corrected chi connectivity index (χ1v) is 18.0. The van der Waals surface area contributed by atoms with E-state index in [1.165, 1.54) is 77.5 Å². The Hall–Kier alpha value is -6.38. The molecule has 2 heteroatoms. The van der Waals surface area contributed by atoms with Gasteiger partial charge >= 0.3 is 0 Å². The van der Waals surface area contributed by atoms with Crippen LogP contribution in [0.4, 0.5) is 0 Å². The minimum absolute atomic E-state index is 0.275. The zero-order chi connectivity index (χ0) is 34.9. The van der Waals surface area contributed by atoms with Crippen molar-refractivity contribution in [2.45, 2.75) is 23.7 Å². The van der Waals surface area contributed by atoms with E-state index in [4.69, 9.17) is 0 Å². The second kappa shape index (κ2) is 11.6. The average Bonchev–Trinajstić information content (AvgIpc) is 3.64. The van der Waals surface area contributed by atoms with Crippen molar-refractivity contribution < 1.29 is 10.2 Å². The lowest BCUT2D eigenvalue weighted by Gasteiger charge is -2.34. The summed E-state index contributed by atoms with van der Waals surface area (Å²) in [7, 11) is 0. The lowest BCUT2D eigenvalue weighted by Crippen LogP contribution is -2.30. The highest BCUT2D eigenvalue weighted by atomic mass is 16.3. The number of aromatic hydroxyl groups is 2. The van der Waals surface area contributed by atoms with Gasteiger partial charge in [0.15, 0.2) is 0 Å². The third-order valence-corrected chi connectivity index (χ3v) is 11.8. The second-order valence-electron chi connectivity index (χ2n) is 14.5. The Morgan fingerprint density at radius 2 is 0.635 bits per heavy atom. The zero-order valence-corrected chi connectivity index (χ0v) is 28.6. The molecule has 0 bridgehead atoms. The van der Waals surface area contributed by atoms with E-state index in [1.807, 2.05) is 24.3 Å². The minimum atomic E-state index is -0.395. The summed E-state index contributed by atoms with van der Waals surface area (Å²) < 4.78 is 0. The summed E-state index contributed by atoms with van der Waals surface area (Å²) in [4.78, 5) is 0. The molecule has 2 aliphatic rings. The van der Waals surface area contributed by atoms with Crippen LogP contribution in [0.3, 0.4) is 0 Å². The molecule has 0 saturated carbocycles. The van der Waals surface area contributed by atoms with Gasteiger partial charge in [0, 0.05) is 0 Å². The van der Waals surface area contributed by atoms with Crippen molar-refractivity contribution in [2.75, 3.05) is 0 Å². The van der Waals surface area contributed by atoms with Gasteiger partial charge in [0.2, 0.25) is 0 Å². The van der Waals surface area contributed by atoms with Gasteiger partial charge in [-0.25, -0.2) is 0 Å². The number of phenols is 2. The third-order valence-electron chi connectivity index (χ3n) is 11.8. The van der Waals surface area contributed by atoms with Gasteiger partial charge in [-0.05, 0) is 115 Å². The number of fused-ring (bicyclic) bond motifs is 7. The van der Waals surface area contributed by atoms with Crippen molar-refractivity contribution in [1.29, 1.82) is 0 Å². The van der Waals surface area contributed by atoms with Gasteiger partial charge < -0.3 is 10.2 Å². The highest BCUT2D eigenvalue weighted by Crippen LogP contribution is 2.56. The maximum absolute atomic E-state index is 10.3. The molecule has 8 aromatic rings. The summed E-state index contributed by atoms with van der Waals surface area (Å²) >= 11 is 0. The molecule has 0 radical (unpaired) electrons. The smallest absolute Gasteiger partial charge is 0.115 e. The van der Waals surface area contributed by atoms with Crippen LogP contribution in [0.1, 0.15) is 44.5 Å². The van der Waals surface area contributed by atoms with Gasteiger partial charge in [-0.1, -0.05) is 158 Å². The number of rotatable bonds is 6. The van der Waals surface area contributed by atoms with E-state index in [0.717, 1.165) is 12.8 Å². The highest BCUT2D eigenvalue weighted by Gasteiger charge is 2.46. The Morgan fingerprint density at radius 3 is 0.962 bits per heavy atom. The molecule has 8 aromatic carbocycles. The maximum atomic E-state index is 10.3. The number of benzene rings is 8. The molecular formula is C50H36O2. The first-order valence-electron chi connectivity index (χ1n) is 18.0. The largest absolute Gasteiger partial charge is 0.508 e. The summed E-state index contributed by atoms with van der Waals surface area (Å²) in [6, 6.07) is 64.7. The number of phenolic OH excluding ortho intramolecular Hbond substituents is 2. The first-order chi connectivity index (χ1) is 25.5. The van der Waals surface area contributed by atoms with Crippen LogP contribution in [0.5, 0.6) is 11.5 Å². The highest BCUT2D eigenvalue weighted by molar-refractivity contribution is 5.87. The standard InChI is InChI=1S/C50H36O2/c51-39-25-21-37(22-26-39)49(45-13-5-1-9-41(45)42-10-2-6-14-46(42)49)31-33-17-19-36-30-34(18-20-35(36)29-33)32-50(38-23-27-40(52)28-24-38)47-15-7-3-11-43(47)44-12-4-8-16-48(44)50/h1-30,51-52H,31-32H2. The molecule has 2 N–H and O–H groups in total. The van der Waals surface area contributed by atoms with Gasteiger partial charge in [-0.15, -0.1) is 0 Å². The normalized spacial score (nSPS) is 14.4. The van der Waals surface area contributed by atoms with E-state index in [0.29, 0.717) is 0 Å². The van der Waals surface area contributed by atoms with Crippen LogP contribution in [0.2, 0.25) is 0 Å². The van der Waals surface area contributed by atoms with Gasteiger partial charge in [0.1, 0.15) is 11.5 Å². The molecule has 0 unspecified atom stereocenters. The van der Waals surface area contributed by atoms with Crippen molar-refractivity contribution in [2.24, 2.45) is 0 Å². The summed E-state index contributed by atoms with van der Waals surface area (Å²) in [6.45, 7) is 0. The Balaban J connectivity index is 1.08. The van der Waals surface area contributed by atoms with Crippen LogP contribution in [-0.4, -0.2) is 10.2 Å². The van der Waals surface area contributed by atoms with E-state index >= 15 is 0 Å². The monoisotopic (exact) mass is 668 g/mol. The molecular weight excluding hydrogens is 633 g/mol. The van der Waals surface area contributed by atoms with Crippen molar-refractivity contribution in [3.8, 4) is 33.8 Å². The van der Waals surface area contributed by atoms with Crippen LogP contribution >= 0.6 is 0 Å². The van der Waals surface area contributed by atoms with Crippen molar-refractivity contribution in [3.05, 3.63) is 226 Å². The van der Waals surface area contributed by atoms with E-state index in [-0.39, 0.29) is 11.5 Å². The molecule has 0 aromatic heterocycles. The predicted molar refractivity (Wildman–Crippen MR) is 211 cm³/mol. The van der Waals surface area contributed by atoms with E-state index < -0.39 is 10.8 Å². The summed E-state index contributed by atoms with van der Waals surface area (Å²) in [5, 5.41) is 23.0. The summed E-state index contributed by atoms with van der Waals surface area (Å²) in [5.74, 6) is 0.550. The maximum Gasteiger partial charge on any atom is 0.115 e. The lowest BCUT2D eigenvalue weighted by atomic mass is 9.68. The van der Waals surface area contributed by atoms with Crippen molar-refractivity contribution in [3.63, 3.8) is 0 Å². The Morgan fingerprint density at radius 1 is 0.327 bits per heavy atom. The van der Waals surface area contributed by atoms with Crippen molar-refractivity contribution >= 4 is 10.8 Å². The van der Waals surface area contributed by atoms with Gasteiger partial charge in [0.05, 0.1) is 10.8 Å². The summed E-state index contributed by atoms with van der Waals surface area (Å²) in [6.07, 6.45) is 1.59. The SMILES string of the molecule is Oc1ccc(C2(Cc3ccc4cc(CC5(c6ccc(O)cc6)c6ccccc6-c6ccccc65)ccc4c3)c3ccccc3-c3ccccc32)cc1. The van der Waals surface area contributed by atoms with Crippen LogP contribution in [0, 0.1) is 0 Å². The molecule has 2 nitrogen and oxygen atoms in total. The lowest BCUT2D eigenvalue weighted by molar-refractivity contribution is 0.474. The molecule has 0 aliphatic heterocycles. The molecule has 10 rings (SSSR count). The predicted octanol–water partition coefficient (Wildman–Crippen LogP) is 11.4. The summed E-state index contributed by atoms with van der Waals surface area (Å²) in [5.41, 5.74) is 14.4. The van der Waals surface area contributed by atoms with Gasteiger partial charge in [-0.3, -0.25) is 0 Å². The molecule has 0 fully saturated rings. The fourth-order valence-corrected chi connectivity index (χ4v) is 9.53. The van der Waals surface area contributed by atoms with Gasteiger partial charge in [-0.2, -0.15) is 0 Å². The molecule has 0 heterocycles. The quantitative estimate of drug-likeness (QED) is 0.185. The van der Waals surface area contributed by atoms with Crippen LogP contribution in [0.15, 0.2) is 182 Å². The fourth-order valence-electron chi connectivity index (χ4n) is 9.53. The van der Waals surface area contributed by atoms with Crippen LogP contribution < -0.4 is 0 Å². The third kappa shape index (κ3) is 4.44. The first kappa shape index (κ1) is 30.4. The average molecular weight is 669 g/mol. The zero-order valence-electron chi connectivity index (χ0n) is 28.6. The van der Waals surface area contributed by atoms with Crippen LogP contribution in [0.25, 0.3) is 33.0 Å². The molecule has 0 spiro atoms. The minimum Gasteiger partial charge on any atom is -0.508 e. The number of hydrogen-bond acceptors (Lipinski definition) is 2. The van der Waals surface area contributed by atoms with E-state index in [1.54, 1.807) is 0 Å². The van der Waals surface area contributed by atoms with E-state index in [2.05, 4.69) is 158 Å². The fraction of sp³-hybridized carbons (Fsp3) is 0.0800. The second-order valence-corrected chi connectivity index (χ2v) is 14.5.